The van der Waals surface area contributed by atoms with E-state index >= 15 is 0 Å². The highest BCUT2D eigenvalue weighted by Crippen LogP contribution is 2.10. The van der Waals surface area contributed by atoms with Crippen molar-refractivity contribution in [2.45, 2.75) is 18.3 Å². The molecule has 0 amide bonds. The number of ether oxygens (including phenoxy) is 1. The second-order valence-electron chi connectivity index (χ2n) is 2.17. The highest BCUT2D eigenvalue weighted by Gasteiger charge is 2.27. The van der Waals surface area contributed by atoms with Crippen LogP contribution >= 0.6 is 0 Å². The maximum atomic E-state index is 9.05. The second-order valence-corrected chi connectivity index (χ2v) is 2.17. The summed E-state index contributed by atoms with van der Waals surface area (Å²) in [5.74, 6) is 0. The highest BCUT2D eigenvalue weighted by molar-refractivity contribution is 4.96. The average molecular weight is 146 g/mol. The van der Waals surface area contributed by atoms with Crippen molar-refractivity contribution in [3.63, 3.8) is 0 Å². The van der Waals surface area contributed by atoms with Crippen molar-refractivity contribution < 1.29 is 20.1 Å². The summed E-state index contributed by atoms with van der Waals surface area (Å²) in [6, 6.07) is 0. The van der Waals surface area contributed by atoms with Gasteiger partial charge in [-0.25, -0.2) is 0 Å². The number of rotatable bonds is 1. The topological polar surface area (TPSA) is 69.9 Å². The molecule has 10 heavy (non-hydrogen) atoms. The summed E-state index contributed by atoms with van der Waals surface area (Å²) in [5, 5.41) is 26.6. The summed E-state index contributed by atoms with van der Waals surface area (Å²) >= 11 is 0. The molecule has 3 atom stereocenters. The molecule has 58 valence electrons. The third-order valence-electron chi connectivity index (χ3n) is 1.44. The molecular weight excluding hydrogens is 136 g/mol. The van der Waals surface area contributed by atoms with Gasteiger partial charge in [-0.05, 0) is 6.08 Å². The van der Waals surface area contributed by atoms with Gasteiger partial charge in [-0.3, -0.25) is 0 Å². The number of hydrogen-bond acceptors (Lipinski definition) is 4. The summed E-state index contributed by atoms with van der Waals surface area (Å²) < 4.78 is 4.77. The Morgan fingerprint density at radius 2 is 2.10 bits per heavy atom. The summed E-state index contributed by atoms with van der Waals surface area (Å²) in [6.07, 6.45) is -0.0318. The Hall–Kier alpha value is -0.580. The van der Waals surface area contributed by atoms with Gasteiger partial charge in [0.1, 0.15) is 18.3 Å². The molecule has 0 fully saturated rings. The molecule has 0 spiro atoms. The minimum Gasteiger partial charge on any atom is -0.493 e. The van der Waals surface area contributed by atoms with Gasteiger partial charge in [0.05, 0.1) is 12.9 Å². The maximum absolute atomic E-state index is 9.05. The predicted molar refractivity (Wildman–Crippen MR) is 33.1 cm³/mol. The van der Waals surface area contributed by atoms with Gasteiger partial charge in [-0.1, -0.05) is 0 Å². The lowest BCUT2D eigenvalue weighted by Gasteiger charge is -2.26. The van der Waals surface area contributed by atoms with E-state index in [1.54, 1.807) is 0 Å². The van der Waals surface area contributed by atoms with Gasteiger partial charge in [0.2, 0.25) is 0 Å². The fourth-order valence-corrected chi connectivity index (χ4v) is 0.792. The van der Waals surface area contributed by atoms with E-state index in [-0.39, 0.29) is 6.61 Å². The molecule has 1 aliphatic rings. The smallest absolute Gasteiger partial charge is 0.149 e. The zero-order chi connectivity index (χ0) is 7.56. The number of aliphatic hydroxyl groups excluding tert-OH is 3. The van der Waals surface area contributed by atoms with Crippen LogP contribution in [0.2, 0.25) is 0 Å². The van der Waals surface area contributed by atoms with Gasteiger partial charge in [0.25, 0.3) is 0 Å². The number of aliphatic hydroxyl groups is 3. The second kappa shape index (κ2) is 3.01. The zero-order valence-electron chi connectivity index (χ0n) is 5.34. The first-order valence-corrected chi connectivity index (χ1v) is 3.05. The summed E-state index contributed by atoms with van der Waals surface area (Å²) in [7, 11) is 0. The van der Waals surface area contributed by atoms with Crippen molar-refractivity contribution >= 4 is 0 Å². The molecule has 1 aliphatic heterocycles. The maximum Gasteiger partial charge on any atom is 0.149 e. The molecule has 4 nitrogen and oxygen atoms in total. The molecular formula is C6H10O4. The third kappa shape index (κ3) is 1.29. The first-order valence-electron chi connectivity index (χ1n) is 3.05. The summed E-state index contributed by atoms with van der Waals surface area (Å²) in [5.41, 5.74) is 0. The van der Waals surface area contributed by atoms with Crippen LogP contribution in [0.15, 0.2) is 12.3 Å². The van der Waals surface area contributed by atoms with Crippen LogP contribution < -0.4 is 0 Å². The molecule has 4 heteroatoms. The van der Waals surface area contributed by atoms with Gasteiger partial charge in [0, 0.05) is 0 Å². The molecule has 0 aromatic carbocycles. The molecule has 0 aromatic rings. The predicted octanol–water partition coefficient (Wildman–Crippen LogP) is -1.39. The van der Waals surface area contributed by atoms with E-state index in [9.17, 15) is 0 Å². The Kier molecular flexibility index (Phi) is 2.26. The first-order chi connectivity index (χ1) is 4.75. The molecule has 0 saturated carbocycles. The Bertz CT molecular complexity index is 134. The molecule has 0 radical (unpaired) electrons. The van der Waals surface area contributed by atoms with E-state index in [0.717, 1.165) is 0 Å². The summed E-state index contributed by atoms with van der Waals surface area (Å²) in [4.78, 5) is 0. The lowest BCUT2D eigenvalue weighted by Crippen LogP contribution is -2.42. The zero-order valence-corrected chi connectivity index (χ0v) is 5.34. The van der Waals surface area contributed by atoms with Gasteiger partial charge >= 0.3 is 0 Å². The minimum atomic E-state index is -1.02. The van der Waals surface area contributed by atoms with E-state index in [2.05, 4.69) is 0 Å². The standard InChI is InChI=1S/C6H10O4/c7-3-5-6(9)4(8)1-2-10-5/h1-2,4-9H,3H2/t4-,5+,6-/m0/s1. The van der Waals surface area contributed by atoms with Crippen LogP contribution in [0.3, 0.4) is 0 Å². The third-order valence-corrected chi connectivity index (χ3v) is 1.44. The summed E-state index contributed by atoms with van der Waals surface area (Å²) in [6.45, 7) is -0.289. The Labute approximate surface area is 58.4 Å². The molecule has 1 heterocycles. The molecule has 0 aromatic heterocycles. The highest BCUT2D eigenvalue weighted by atomic mass is 16.5. The van der Waals surface area contributed by atoms with Gasteiger partial charge in [0.15, 0.2) is 0 Å². The fraction of sp³-hybridized carbons (Fsp3) is 0.667. The lowest BCUT2D eigenvalue weighted by molar-refractivity contribution is -0.0808. The van der Waals surface area contributed by atoms with Crippen LogP contribution in [0.25, 0.3) is 0 Å². The van der Waals surface area contributed by atoms with Gasteiger partial charge in [-0.2, -0.15) is 0 Å². The molecule has 0 aliphatic carbocycles. The molecule has 0 saturated heterocycles. The number of hydrogen-bond donors (Lipinski definition) is 3. The average Bonchev–Trinajstić information content (AvgIpc) is 1.95. The van der Waals surface area contributed by atoms with Crippen molar-refractivity contribution in [2.75, 3.05) is 6.61 Å². The van der Waals surface area contributed by atoms with Crippen molar-refractivity contribution in [1.29, 1.82) is 0 Å². The minimum absolute atomic E-state index is 0.289. The van der Waals surface area contributed by atoms with Crippen LogP contribution in [-0.4, -0.2) is 40.2 Å². The van der Waals surface area contributed by atoms with Gasteiger partial charge < -0.3 is 20.1 Å². The monoisotopic (exact) mass is 146 g/mol. The van der Waals surface area contributed by atoms with E-state index in [4.69, 9.17) is 20.1 Å². The van der Waals surface area contributed by atoms with Crippen molar-refractivity contribution in [3.8, 4) is 0 Å². The lowest BCUT2D eigenvalue weighted by atomic mass is 10.1. The largest absolute Gasteiger partial charge is 0.493 e. The van der Waals surface area contributed by atoms with Crippen LogP contribution in [0, 0.1) is 0 Å². The Morgan fingerprint density at radius 1 is 1.40 bits per heavy atom. The molecule has 1 rings (SSSR count). The van der Waals surface area contributed by atoms with Crippen LogP contribution in [-0.2, 0) is 4.74 Å². The molecule has 0 bridgehead atoms. The van der Waals surface area contributed by atoms with Crippen molar-refractivity contribution in [3.05, 3.63) is 12.3 Å². The van der Waals surface area contributed by atoms with Crippen LogP contribution in [0.4, 0.5) is 0 Å². The Morgan fingerprint density at radius 3 is 2.60 bits per heavy atom. The first kappa shape index (κ1) is 7.53. The van der Waals surface area contributed by atoms with Crippen LogP contribution in [0.5, 0.6) is 0 Å². The van der Waals surface area contributed by atoms with Crippen molar-refractivity contribution in [1.82, 2.24) is 0 Å². The molecule has 3 N–H and O–H groups in total. The van der Waals surface area contributed by atoms with E-state index < -0.39 is 18.3 Å². The normalized spacial score (nSPS) is 39.3. The van der Waals surface area contributed by atoms with E-state index in [1.165, 1.54) is 12.3 Å². The molecule has 0 unspecified atom stereocenters. The van der Waals surface area contributed by atoms with Gasteiger partial charge in [-0.15, -0.1) is 0 Å². The van der Waals surface area contributed by atoms with E-state index in [1.807, 2.05) is 0 Å². The fourth-order valence-electron chi connectivity index (χ4n) is 0.792. The SMILES string of the molecule is OC[C@H]1OC=C[C@H](O)[C@@H]1O. The van der Waals surface area contributed by atoms with Crippen molar-refractivity contribution in [2.24, 2.45) is 0 Å². The van der Waals surface area contributed by atoms with Crippen LogP contribution in [0.1, 0.15) is 0 Å². The quantitative estimate of drug-likeness (QED) is 0.426. The Balaban J connectivity index is 2.56. The van der Waals surface area contributed by atoms with E-state index in [0.29, 0.717) is 0 Å².